The van der Waals surface area contributed by atoms with Gasteiger partial charge in [0.25, 0.3) is 5.82 Å². The zero-order chi connectivity index (χ0) is 22.9. The molecule has 0 aliphatic carbocycles. The summed E-state index contributed by atoms with van der Waals surface area (Å²) < 4.78 is 4.83. The predicted octanol–water partition coefficient (Wildman–Crippen LogP) is 9.15. The van der Waals surface area contributed by atoms with Gasteiger partial charge in [-0.05, 0) is 25.0 Å². The molecule has 2 nitrogen and oxygen atoms in total. The first-order valence-corrected chi connectivity index (χ1v) is 13.9. The highest BCUT2D eigenvalue weighted by atomic mass is 15.2. The van der Waals surface area contributed by atoms with E-state index in [9.17, 15) is 0 Å². The van der Waals surface area contributed by atoms with Crippen molar-refractivity contribution in [3.05, 3.63) is 48.5 Å². The van der Waals surface area contributed by atoms with Crippen LogP contribution in [0.1, 0.15) is 135 Å². The second kappa shape index (κ2) is 17.0. The highest BCUT2D eigenvalue weighted by molar-refractivity contribution is 5.32. The summed E-state index contributed by atoms with van der Waals surface area (Å²) in [5, 5.41) is 0. The molecule has 0 fully saturated rings. The SMILES string of the molecule is CCCCCCCCCCCCCCCCCC[n+]1ccn(-c2ccccc2)c1C(C)C. The number of aryl methyl sites for hydroxylation is 1. The van der Waals surface area contributed by atoms with Crippen molar-refractivity contribution in [2.45, 2.75) is 136 Å². The van der Waals surface area contributed by atoms with Crippen LogP contribution in [0, 0.1) is 0 Å². The Balaban J connectivity index is 1.49. The van der Waals surface area contributed by atoms with Crippen LogP contribution >= 0.6 is 0 Å². The fraction of sp³-hybridized carbons (Fsp3) is 0.700. The molecule has 2 heteroatoms. The summed E-state index contributed by atoms with van der Waals surface area (Å²) in [6.45, 7) is 8.05. The van der Waals surface area contributed by atoms with Gasteiger partial charge in [-0.3, -0.25) is 0 Å². The minimum atomic E-state index is 0.520. The summed E-state index contributed by atoms with van der Waals surface area (Å²) in [5.74, 6) is 1.93. The minimum Gasteiger partial charge on any atom is -0.234 e. The van der Waals surface area contributed by atoms with E-state index in [4.69, 9.17) is 0 Å². The molecule has 2 rings (SSSR count). The van der Waals surface area contributed by atoms with Crippen LogP contribution in [0.4, 0.5) is 0 Å². The third-order valence-corrected chi connectivity index (χ3v) is 6.74. The van der Waals surface area contributed by atoms with Crippen molar-refractivity contribution in [2.24, 2.45) is 0 Å². The molecule has 0 atom stereocenters. The van der Waals surface area contributed by atoms with E-state index in [1.165, 1.54) is 114 Å². The van der Waals surface area contributed by atoms with E-state index in [1.807, 2.05) is 0 Å². The Morgan fingerprint density at radius 2 is 1.12 bits per heavy atom. The van der Waals surface area contributed by atoms with Crippen LogP contribution < -0.4 is 4.57 Å². The topological polar surface area (TPSA) is 8.81 Å². The lowest BCUT2D eigenvalue weighted by Gasteiger charge is -2.08. The molecular formula is C30H51N2+. The average Bonchev–Trinajstić information content (AvgIpc) is 3.23. The first-order valence-electron chi connectivity index (χ1n) is 13.9. The smallest absolute Gasteiger partial charge is 0.234 e. The Morgan fingerprint density at radius 3 is 1.59 bits per heavy atom. The van der Waals surface area contributed by atoms with E-state index in [0.29, 0.717) is 5.92 Å². The second-order valence-electron chi connectivity index (χ2n) is 10.0. The predicted molar refractivity (Wildman–Crippen MR) is 140 cm³/mol. The number of para-hydroxylation sites is 1. The van der Waals surface area contributed by atoms with Crippen molar-refractivity contribution in [1.82, 2.24) is 4.57 Å². The van der Waals surface area contributed by atoms with Gasteiger partial charge in [0.2, 0.25) is 0 Å². The van der Waals surface area contributed by atoms with E-state index >= 15 is 0 Å². The number of rotatable bonds is 19. The molecular weight excluding hydrogens is 388 g/mol. The van der Waals surface area contributed by atoms with E-state index in [0.717, 1.165) is 6.54 Å². The number of unbranched alkanes of at least 4 members (excludes halogenated alkanes) is 15. The Kier molecular flexibility index (Phi) is 14.2. The molecule has 0 N–H and O–H groups in total. The van der Waals surface area contributed by atoms with Gasteiger partial charge >= 0.3 is 0 Å². The molecule has 0 aliphatic heterocycles. The molecule has 1 aromatic heterocycles. The number of benzene rings is 1. The van der Waals surface area contributed by atoms with Gasteiger partial charge in [0.1, 0.15) is 18.1 Å². The number of hydrogen-bond acceptors (Lipinski definition) is 0. The van der Waals surface area contributed by atoms with Gasteiger partial charge in [-0.1, -0.05) is 129 Å². The third-order valence-electron chi connectivity index (χ3n) is 6.74. The molecule has 0 bridgehead atoms. The van der Waals surface area contributed by atoms with E-state index < -0.39 is 0 Å². The van der Waals surface area contributed by atoms with Crippen LogP contribution in [-0.2, 0) is 6.54 Å². The Morgan fingerprint density at radius 1 is 0.656 bits per heavy atom. The van der Waals surface area contributed by atoms with Gasteiger partial charge < -0.3 is 0 Å². The van der Waals surface area contributed by atoms with E-state index in [1.54, 1.807) is 0 Å². The van der Waals surface area contributed by atoms with Crippen molar-refractivity contribution in [2.75, 3.05) is 0 Å². The summed E-state index contributed by atoms with van der Waals surface area (Å²) in [4.78, 5) is 0. The van der Waals surface area contributed by atoms with Crippen LogP contribution in [-0.4, -0.2) is 4.57 Å². The largest absolute Gasteiger partial charge is 0.264 e. The quantitative estimate of drug-likeness (QED) is 0.152. The summed E-state index contributed by atoms with van der Waals surface area (Å²) in [7, 11) is 0. The highest BCUT2D eigenvalue weighted by Gasteiger charge is 2.21. The molecule has 0 spiro atoms. The van der Waals surface area contributed by atoms with Crippen LogP contribution in [0.3, 0.4) is 0 Å². The van der Waals surface area contributed by atoms with E-state index in [-0.39, 0.29) is 0 Å². The number of nitrogens with zero attached hydrogens (tertiary/aromatic N) is 2. The molecule has 0 amide bonds. The first kappa shape index (κ1) is 26.7. The highest BCUT2D eigenvalue weighted by Crippen LogP contribution is 2.17. The van der Waals surface area contributed by atoms with Crippen molar-refractivity contribution in [3.63, 3.8) is 0 Å². The third kappa shape index (κ3) is 10.4. The fourth-order valence-electron chi connectivity index (χ4n) is 4.87. The monoisotopic (exact) mass is 439 g/mol. The lowest BCUT2D eigenvalue weighted by atomic mass is 10.0. The van der Waals surface area contributed by atoms with Crippen molar-refractivity contribution >= 4 is 0 Å². The first-order chi connectivity index (χ1) is 15.7. The van der Waals surface area contributed by atoms with Gasteiger partial charge in [-0.2, -0.15) is 4.57 Å². The zero-order valence-electron chi connectivity index (χ0n) is 21.5. The van der Waals surface area contributed by atoms with Gasteiger partial charge in [0, 0.05) is 0 Å². The van der Waals surface area contributed by atoms with Gasteiger partial charge in [0.15, 0.2) is 0 Å². The molecule has 0 radical (unpaired) electrons. The summed E-state index contributed by atoms with van der Waals surface area (Å²) in [5.41, 5.74) is 1.27. The Labute approximate surface area is 199 Å². The van der Waals surface area contributed by atoms with Crippen LogP contribution in [0.2, 0.25) is 0 Å². The molecule has 0 aliphatic rings. The van der Waals surface area contributed by atoms with Crippen molar-refractivity contribution in [3.8, 4) is 5.69 Å². The number of aromatic nitrogens is 2. The lowest BCUT2D eigenvalue weighted by molar-refractivity contribution is -0.705. The summed E-state index contributed by atoms with van der Waals surface area (Å²) in [6.07, 6.45) is 27.3. The van der Waals surface area contributed by atoms with E-state index in [2.05, 4.69) is 72.6 Å². The lowest BCUT2D eigenvalue weighted by Crippen LogP contribution is -2.37. The number of hydrogen-bond donors (Lipinski definition) is 0. The van der Waals surface area contributed by atoms with Crippen molar-refractivity contribution < 1.29 is 4.57 Å². The molecule has 0 saturated heterocycles. The van der Waals surface area contributed by atoms with Crippen molar-refractivity contribution in [1.29, 1.82) is 0 Å². The normalized spacial score (nSPS) is 11.5. The minimum absolute atomic E-state index is 0.520. The van der Waals surface area contributed by atoms with Gasteiger partial charge in [0.05, 0.1) is 12.5 Å². The summed E-state index contributed by atoms with van der Waals surface area (Å²) >= 11 is 0. The maximum absolute atomic E-state index is 2.47. The van der Waals surface area contributed by atoms with Crippen LogP contribution in [0.15, 0.2) is 42.7 Å². The average molecular weight is 440 g/mol. The second-order valence-corrected chi connectivity index (χ2v) is 10.0. The maximum Gasteiger partial charge on any atom is 0.264 e. The molecule has 1 heterocycles. The van der Waals surface area contributed by atoms with Gasteiger partial charge in [-0.25, -0.2) is 4.57 Å². The van der Waals surface area contributed by atoms with Crippen LogP contribution in [0.5, 0.6) is 0 Å². The molecule has 1 aromatic carbocycles. The molecule has 0 unspecified atom stereocenters. The molecule has 0 saturated carbocycles. The summed E-state index contributed by atoms with van der Waals surface area (Å²) in [6, 6.07) is 10.7. The Hall–Kier alpha value is -1.57. The Bertz CT molecular complexity index is 686. The fourth-order valence-corrected chi connectivity index (χ4v) is 4.87. The number of imidazole rings is 1. The van der Waals surface area contributed by atoms with Gasteiger partial charge in [-0.15, -0.1) is 0 Å². The standard InChI is InChI=1S/C30H51N2/c1-4-5-6-7-8-9-10-11-12-13-14-15-16-17-18-22-25-31-26-27-32(30(31)28(2)3)29-23-20-19-21-24-29/h19-21,23-24,26-28H,4-18,22,25H2,1-3H3/q+1. The van der Waals surface area contributed by atoms with Crippen LogP contribution in [0.25, 0.3) is 5.69 Å². The maximum atomic E-state index is 2.47. The molecule has 2 aromatic rings. The molecule has 180 valence electrons. The molecule has 32 heavy (non-hydrogen) atoms. The zero-order valence-corrected chi connectivity index (χ0v) is 21.5.